The minimum Gasteiger partial charge on any atom is -0.478 e. The van der Waals surface area contributed by atoms with E-state index in [9.17, 15) is 4.79 Å². The Morgan fingerprint density at radius 3 is 1.62 bits per heavy atom. The van der Waals surface area contributed by atoms with Crippen molar-refractivity contribution in [2.45, 2.75) is 32.6 Å². The molecule has 0 bridgehead atoms. The van der Waals surface area contributed by atoms with Crippen LogP contribution in [0.15, 0.2) is 72.8 Å². The molecule has 3 rings (SSSR count). The first kappa shape index (κ1) is 17.9. The number of hydrogen-bond donors (Lipinski definition) is 1. The van der Waals surface area contributed by atoms with Gasteiger partial charge in [-0.05, 0) is 67.0 Å². The molecule has 0 amide bonds. The van der Waals surface area contributed by atoms with Crippen LogP contribution in [0.1, 0.15) is 38.2 Å². The van der Waals surface area contributed by atoms with Crippen LogP contribution >= 0.6 is 0 Å². The van der Waals surface area contributed by atoms with Crippen LogP contribution in [0.4, 0.5) is 0 Å². The van der Waals surface area contributed by atoms with Crippen molar-refractivity contribution in [2.75, 3.05) is 0 Å². The Hall–Kier alpha value is -2.87. The first-order chi connectivity index (χ1) is 12.6. The summed E-state index contributed by atoms with van der Waals surface area (Å²) in [6.45, 7) is 2.11. The largest absolute Gasteiger partial charge is 0.478 e. The number of hydrogen-bond acceptors (Lipinski definition) is 1. The fraction of sp³-hybridized carbons (Fsp3) is 0.208. The Morgan fingerprint density at radius 1 is 0.692 bits per heavy atom. The van der Waals surface area contributed by atoms with Gasteiger partial charge in [0.2, 0.25) is 0 Å². The van der Waals surface area contributed by atoms with Crippen molar-refractivity contribution in [3.8, 4) is 0 Å². The van der Waals surface area contributed by atoms with E-state index in [2.05, 4.69) is 55.5 Å². The number of benzene rings is 3. The van der Waals surface area contributed by atoms with Crippen LogP contribution in [0.5, 0.6) is 0 Å². The zero-order chi connectivity index (χ0) is 18.4. The molecule has 0 unspecified atom stereocenters. The number of carboxylic acid groups (broad SMARTS) is 1. The second kappa shape index (κ2) is 8.48. The highest BCUT2D eigenvalue weighted by Crippen LogP contribution is 2.16. The van der Waals surface area contributed by atoms with Gasteiger partial charge in [-0.1, -0.05) is 66.2 Å². The highest BCUT2D eigenvalue weighted by Gasteiger charge is 2.05. The fourth-order valence-corrected chi connectivity index (χ4v) is 3.17. The van der Waals surface area contributed by atoms with Gasteiger partial charge in [-0.3, -0.25) is 0 Å². The van der Waals surface area contributed by atoms with Crippen molar-refractivity contribution in [1.29, 1.82) is 0 Å². The Labute approximate surface area is 155 Å². The zero-order valence-corrected chi connectivity index (χ0v) is 15.1. The van der Waals surface area contributed by atoms with Gasteiger partial charge in [-0.2, -0.15) is 0 Å². The lowest BCUT2D eigenvalue weighted by Crippen LogP contribution is -2.00. The average Bonchev–Trinajstić information content (AvgIpc) is 2.67. The summed E-state index contributed by atoms with van der Waals surface area (Å²) < 4.78 is 0. The van der Waals surface area contributed by atoms with Crippen molar-refractivity contribution in [1.82, 2.24) is 0 Å². The fourth-order valence-electron chi connectivity index (χ4n) is 3.17. The Bertz CT molecular complexity index is 861. The van der Waals surface area contributed by atoms with Crippen LogP contribution in [0, 0.1) is 6.92 Å². The predicted molar refractivity (Wildman–Crippen MR) is 106 cm³/mol. The molecular formula is C24H24O2. The molecule has 0 heterocycles. The van der Waals surface area contributed by atoms with E-state index >= 15 is 0 Å². The van der Waals surface area contributed by atoms with E-state index in [1.807, 2.05) is 12.1 Å². The summed E-state index contributed by atoms with van der Waals surface area (Å²) in [4.78, 5) is 10.9. The second-order valence-corrected chi connectivity index (χ2v) is 6.76. The standard InChI is InChI=1S/C24H24O2/c1-18-6-8-19(9-7-18)10-14-21-4-2-3-5-22(21)15-11-20-12-16-23(17-13-20)24(25)26/h2-9,12-13,16-17H,10-11,14-15H2,1H3,(H,25,26). The maximum Gasteiger partial charge on any atom is 0.335 e. The van der Waals surface area contributed by atoms with Gasteiger partial charge in [0, 0.05) is 0 Å². The predicted octanol–water partition coefficient (Wildman–Crippen LogP) is 5.26. The summed E-state index contributed by atoms with van der Waals surface area (Å²) in [6, 6.07) is 24.6. The molecular weight excluding hydrogens is 320 g/mol. The Balaban J connectivity index is 1.63. The van der Waals surface area contributed by atoms with Gasteiger partial charge in [-0.25, -0.2) is 4.79 Å². The molecule has 2 nitrogen and oxygen atoms in total. The number of aromatic carboxylic acids is 1. The van der Waals surface area contributed by atoms with Crippen molar-refractivity contribution in [3.05, 3.63) is 106 Å². The Kier molecular flexibility index (Phi) is 5.85. The minimum absolute atomic E-state index is 0.340. The van der Waals surface area contributed by atoms with Crippen molar-refractivity contribution < 1.29 is 9.90 Å². The molecule has 0 aliphatic heterocycles. The molecule has 0 aromatic heterocycles. The molecule has 3 aromatic rings. The monoisotopic (exact) mass is 344 g/mol. The van der Waals surface area contributed by atoms with Gasteiger partial charge in [-0.15, -0.1) is 0 Å². The molecule has 3 aromatic carbocycles. The molecule has 26 heavy (non-hydrogen) atoms. The quantitative estimate of drug-likeness (QED) is 0.634. The van der Waals surface area contributed by atoms with E-state index in [0.717, 1.165) is 25.7 Å². The van der Waals surface area contributed by atoms with Crippen LogP contribution < -0.4 is 0 Å². The van der Waals surface area contributed by atoms with E-state index in [0.29, 0.717) is 5.56 Å². The molecule has 0 atom stereocenters. The highest BCUT2D eigenvalue weighted by atomic mass is 16.4. The summed E-state index contributed by atoms with van der Waals surface area (Å²) in [5, 5.41) is 8.99. The van der Waals surface area contributed by atoms with Gasteiger partial charge in [0.05, 0.1) is 5.56 Å². The normalized spacial score (nSPS) is 10.7. The second-order valence-electron chi connectivity index (χ2n) is 6.76. The number of aryl methyl sites for hydroxylation is 5. The molecule has 0 spiro atoms. The lowest BCUT2D eigenvalue weighted by Gasteiger charge is -2.10. The molecule has 1 N–H and O–H groups in total. The van der Waals surface area contributed by atoms with Crippen molar-refractivity contribution in [3.63, 3.8) is 0 Å². The number of carbonyl (C=O) groups is 1. The average molecular weight is 344 g/mol. The van der Waals surface area contributed by atoms with E-state index in [-0.39, 0.29) is 0 Å². The maximum atomic E-state index is 10.9. The van der Waals surface area contributed by atoms with Gasteiger partial charge in [0.1, 0.15) is 0 Å². The summed E-state index contributed by atoms with van der Waals surface area (Å²) in [5.74, 6) is -0.877. The third-order valence-electron chi connectivity index (χ3n) is 4.81. The summed E-state index contributed by atoms with van der Waals surface area (Å²) in [6.07, 6.45) is 3.97. The number of carboxylic acids is 1. The molecule has 0 saturated heterocycles. The molecule has 0 saturated carbocycles. The topological polar surface area (TPSA) is 37.3 Å². The maximum absolute atomic E-state index is 10.9. The molecule has 2 heteroatoms. The van der Waals surface area contributed by atoms with Gasteiger partial charge >= 0.3 is 5.97 Å². The SMILES string of the molecule is Cc1ccc(CCc2ccccc2CCc2ccc(C(=O)O)cc2)cc1. The van der Waals surface area contributed by atoms with Crippen LogP contribution in [0.25, 0.3) is 0 Å². The third kappa shape index (κ3) is 4.82. The first-order valence-electron chi connectivity index (χ1n) is 9.06. The van der Waals surface area contributed by atoms with E-state index in [1.54, 1.807) is 12.1 Å². The lowest BCUT2D eigenvalue weighted by molar-refractivity contribution is 0.0697. The number of rotatable bonds is 7. The van der Waals surface area contributed by atoms with Crippen molar-refractivity contribution in [2.24, 2.45) is 0 Å². The van der Waals surface area contributed by atoms with Crippen molar-refractivity contribution >= 4 is 5.97 Å². The Morgan fingerprint density at radius 2 is 1.15 bits per heavy atom. The highest BCUT2D eigenvalue weighted by molar-refractivity contribution is 5.87. The molecule has 132 valence electrons. The van der Waals surface area contributed by atoms with E-state index in [4.69, 9.17) is 5.11 Å². The van der Waals surface area contributed by atoms with Crippen LogP contribution in [-0.4, -0.2) is 11.1 Å². The minimum atomic E-state index is -0.877. The zero-order valence-electron chi connectivity index (χ0n) is 15.1. The molecule has 0 aliphatic rings. The molecule has 0 aliphatic carbocycles. The molecule has 0 fully saturated rings. The summed E-state index contributed by atoms with van der Waals surface area (Å²) in [7, 11) is 0. The summed E-state index contributed by atoms with van der Waals surface area (Å²) >= 11 is 0. The van der Waals surface area contributed by atoms with Gasteiger partial charge in [0.25, 0.3) is 0 Å². The third-order valence-corrected chi connectivity index (χ3v) is 4.81. The van der Waals surface area contributed by atoms with Gasteiger partial charge in [0.15, 0.2) is 0 Å². The van der Waals surface area contributed by atoms with E-state index < -0.39 is 5.97 Å². The van der Waals surface area contributed by atoms with Gasteiger partial charge < -0.3 is 5.11 Å². The molecule has 0 radical (unpaired) electrons. The smallest absolute Gasteiger partial charge is 0.335 e. The summed E-state index contributed by atoms with van der Waals surface area (Å²) in [5.41, 5.74) is 6.95. The first-order valence-corrected chi connectivity index (χ1v) is 9.06. The van der Waals surface area contributed by atoms with E-state index in [1.165, 1.54) is 27.8 Å². The lowest BCUT2D eigenvalue weighted by atomic mass is 9.95. The van der Waals surface area contributed by atoms with Crippen LogP contribution in [0.2, 0.25) is 0 Å². The van der Waals surface area contributed by atoms with Crippen LogP contribution in [0.3, 0.4) is 0 Å². The van der Waals surface area contributed by atoms with Crippen LogP contribution in [-0.2, 0) is 25.7 Å².